The molecule has 2 heterocycles. The van der Waals surface area contributed by atoms with Crippen LogP contribution in [0.15, 0.2) is 12.4 Å². The van der Waals surface area contributed by atoms with Gasteiger partial charge in [0.25, 0.3) is 0 Å². The van der Waals surface area contributed by atoms with Crippen LogP contribution in [-0.4, -0.2) is 26.1 Å². The first kappa shape index (κ1) is 10.7. The molecule has 0 aromatic carbocycles. The van der Waals surface area contributed by atoms with Crippen molar-refractivity contribution in [3.05, 3.63) is 23.9 Å². The average molecular weight is 231 g/mol. The van der Waals surface area contributed by atoms with Crippen LogP contribution in [-0.2, 0) is 0 Å². The van der Waals surface area contributed by atoms with E-state index < -0.39 is 0 Å². The van der Waals surface area contributed by atoms with Crippen molar-refractivity contribution in [2.24, 2.45) is 11.7 Å². The molecule has 17 heavy (non-hydrogen) atoms. The highest BCUT2D eigenvalue weighted by atomic mass is 15.3. The van der Waals surface area contributed by atoms with Crippen LogP contribution in [0.3, 0.4) is 0 Å². The SMILES string of the molecule is Cc1cc2nnc(C3CCCC3CN)n2cn1. The maximum atomic E-state index is 5.83. The molecule has 1 aliphatic rings. The van der Waals surface area contributed by atoms with Crippen LogP contribution < -0.4 is 5.73 Å². The van der Waals surface area contributed by atoms with Gasteiger partial charge >= 0.3 is 0 Å². The van der Waals surface area contributed by atoms with Crippen molar-refractivity contribution in [3.8, 4) is 0 Å². The second-order valence-electron chi connectivity index (χ2n) is 4.85. The lowest BCUT2D eigenvalue weighted by Gasteiger charge is -2.15. The largest absolute Gasteiger partial charge is 0.330 e. The van der Waals surface area contributed by atoms with Gasteiger partial charge in [-0.3, -0.25) is 4.40 Å². The van der Waals surface area contributed by atoms with Gasteiger partial charge in [0, 0.05) is 17.7 Å². The number of nitrogens with two attached hydrogens (primary N) is 1. The fraction of sp³-hybridized carbons (Fsp3) is 0.583. The van der Waals surface area contributed by atoms with E-state index in [-0.39, 0.29) is 0 Å². The minimum atomic E-state index is 0.444. The van der Waals surface area contributed by atoms with Crippen molar-refractivity contribution in [1.29, 1.82) is 0 Å². The Bertz CT molecular complexity index is 533. The van der Waals surface area contributed by atoms with Gasteiger partial charge in [-0.25, -0.2) is 4.98 Å². The van der Waals surface area contributed by atoms with Gasteiger partial charge < -0.3 is 5.73 Å². The van der Waals surface area contributed by atoms with Gasteiger partial charge in [-0.15, -0.1) is 10.2 Å². The molecule has 0 saturated heterocycles. The topological polar surface area (TPSA) is 69.1 Å². The van der Waals surface area contributed by atoms with Crippen molar-refractivity contribution in [1.82, 2.24) is 19.6 Å². The summed E-state index contributed by atoms with van der Waals surface area (Å²) in [6.45, 7) is 2.70. The van der Waals surface area contributed by atoms with Crippen molar-refractivity contribution < 1.29 is 0 Å². The number of hydrogen-bond donors (Lipinski definition) is 1. The van der Waals surface area contributed by atoms with E-state index in [1.54, 1.807) is 0 Å². The minimum absolute atomic E-state index is 0.444. The fourth-order valence-corrected chi connectivity index (χ4v) is 2.82. The molecule has 5 heteroatoms. The monoisotopic (exact) mass is 231 g/mol. The van der Waals surface area contributed by atoms with Gasteiger partial charge in [0.1, 0.15) is 12.2 Å². The van der Waals surface area contributed by atoms with Crippen LogP contribution in [0, 0.1) is 12.8 Å². The molecule has 2 atom stereocenters. The molecule has 1 fully saturated rings. The molecule has 0 amide bonds. The smallest absolute Gasteiger partial charge is 0.163 e. The van der Waals surface area contributed by atoms with Crippen LogP contribution in [0.1, 0.15) is 36.7 Å². The lowest BCUT2D eigenvalue weighted by molar-refractivity contribution is 0.474. The molecule has 1 saturated carbocycles. The predicted molar refractivity (Wildman–Crippen MR) is 64.7 cm³/mol. The third-order valence-electron chi connectivity index (χ3n) is 3.76. The third-order valence-corrected chi connectivity index (χ3v) is 3.76. The number of hydrogen-bond acceptors (Lipinski definition) is 4. The first-order chi connectivity index (χ1) is 8.29. The van der Waals surface area contributed by atoms with E-state index in [4.69, 9.17) is 5.73 Å². The molecular formula is C12H17N5. The van der Waals surface area contributed by atoms with Gasteiger partial charge in [0.2, 0.25) is 0 Å². The maximum Gasteiger partial charge on any atom is 0.163 e. The minimum Gasteiger partial charge on any atom is -0.330 e. The maximum absolute atomic E-state index is 5.83. The lowest BCUT2D eigenvalue weighted by Crippen LogP contribution is -2.19. The molecule has 2 aromatic heterocycles. The van der Waals surface area contributed by atoms with Crippen molar-refractivity contribution in [2.45, 2.75) is 32.1 Å². The fourth-order valence-electron chi connectivity index (χ4n) is 2.82. The molecule has 5 nitrogen and oxygen atoms in total. The quantitative estimate of drug-likeness (QED) is 0.845. The Morgan fingerprint density at radius 1 is 1.41 bits per heavy atom. The third kappa shape index (κ3) is 1.70. The van der Waals surface area contributed by atoms with E-state index in [9.17, 15) is 0 Å². The van der Waals surface area contributed by atoms with E-state index in [2.05, 4.69) is 15.2 Å². The highest BCUT2D eigenvalue weighted by Crippen LogP contribution is 2.38. The summed E-state index contributed by atoms with van der Waals surface area (Å²) in [6, 6.07) is 1.96. The zero-order valence-electron chi connectivity index (χ0n) is 10.0. The van der Waals surface area contributed by atoms with Crippen molar-refractivity contribution >= 4 is 5.65 Å². The summed E-state index contributed by atoms with van der Waals surface area (Å²) in [5, 5.41) is 8.56. The summed E-state index contributed by atoms with van der Waals surface area (Å²) < 4.78 is 2.01. The number of fused-ring (bicyclic) bond motifs is 1. The van der Waals surface area contributed by atoms with E-state index in [0.29, 0.717) is 11.8 Å². The van der Waals surface area contributed by atoms with E-state index in [0.717, 1.165) is 30.1 Å². The van der Waals surface area contributed by atoms with Gasteiger partial charge in [0.05, 0.1) is 0 Å². The zero-order chi connectivity index (χ0) is 11.8. The van der Waals surface area contributed by atoms with E-state index in [1.807, 2.05) is 23.7 Å². The van der Waals surface area contributed by atoms with Gasteiger partial charge in [-0.05, 0) is 32.2 Å². The Morgan fingerprint density at radius 3 is 3.12 bits per heavy atom. The van der Waals surface area contributed by atoms with Gasteiger partial charge in [-0.1, -0.05) is 6.42 Å². The predicted octanol–water partition coefficient (Wildman–Crippen LogP) is 1.28. The highest BCUT2D eigenvalue weighted by molar-refractivity contribution is 5.38. The second kappa shape index (κ2) is 4.07. The Labute approximate surface area is 100 Å². The van der Waals surface area contributed by atoms with E-state index >= 15 is 0 Å². The molecule has 0 bridgehead atoms. The summed E-state index contributed by atoms with van der Waals surface area (Å²) in [5.74, 6) is 2.02. The van der Waals surface area contributed by atoms with Crippen LogP contribution in [0.2, 0.25) is 0 Å². The van der Waals surface area contributed by atoms with Crippen LogP contribution in [0.4, 0.5) is 0 Å². The number of rotatable bonds is 2. The highest BCUT2D eigenvalue weighted by Gasteiger charge is 2.31. The molecule has 2 aromatic rings. The summed E-state index contributed by atoms with van der Waals surface area (Å²) in [7, 11) is 0. The zero-order valence-corrected chi connectivity index (χ0v) is 10.0. The Kier molecular flexibility index (Phi) is 2.55. The first-order valence-corrected chi connectivity index (χ1v) is 6.17. The molecular weight excluding hydrogens is 214 g/mol. The van der Waals surface area contributed by atoms with Crippen molar-refractivity contribution in [2.75, 3.05) is 6.54 Å². The Hall–Kier alpha value is -1.49. The molecule has 1 aliphatic carbocycles. The van der Waals surface area contributed by atoms with Gasteiger partial charge in [-0.2, -0.15) is 0 Å². The molecule has 90 valence electrons. The van der Waals surface area contributed by atoms with E-state index in [1.165, 1.54) is 12.8 Å². The number of aryl methyl sites for hydroxylation is 1. The molecule has 0 radical (unpaired) electrons. The molecule has 0 aliphatic heterocycles. The second-order valence-corrected chi connectivity index (χ2v) is 4.85. The number of nitrogens with zero attached hydrogens (tertiary/aromatic N) is 4. The molecule has 0 spiro atoms. The molecule has 3 rings (SSSR count). The first-order valence-electron chi connectivity index (χ1n) is 6.17. The average Bonchev–Trinajstić information content (AvgIpc) is 2.92. The molecule has 2 N–H and O–H groups in total. The van der Waals surface area contributed by atoms with Crippen LogP contribution in [0.25, 0.3) is 5.65 Å². The van der Waals surface area contributed by atoms with Gasteiger partial charge in [0.15, 0.2) is 5.65 Å². The summed E-state index contributed by atoms with van der Waals surface area (Å²) >= 11 is 0. The summed E-state index contributed by atoms with van der Waals surface area (Å²) in [6.07, 6.45) is 5.43. The number of aromatic nitrogens is 4. The summed E-state index contributed by atoms with van der Waals surface area (Å²) in [4.78, 5) is 4.31. The standard InChI is InChI=1S/C12H17N5/c1-8-5-11-15-16-12(17(11)7-14-8)10-4-2-3-9(10)6-13/h5,7,9-10H,2-4,6,13H2,1H3. The van der Waals surface area contributed by atoms with Crippen molar-refractivity contribution in [3.63, 3.8) is 0 Å². The normalized spacial score (nSPS) is 24.6. The van der Waals surface area contributed by atoms with Crippen LogP contribution >= 0.6 is 0 Å². The summed E-state index contributed by atoms with van der Waals surface area (Å²) in [5.41, 5.74) is 7.68. The Balaban J connectivity index is 2.05. The lowest BCUT2D eigenvalue weighted by atomic mass is 9.95. The molecule has 2 unspecified atom stereocenters. The van der Waals surface area contributed by atoms with Crippen LogP contribution in [0.5, 0.6) is 0 Å². The Morgan fingerprint density at radius 2 is 2.29 bits per heavy atom.